The van der Waals surface area contributed by atoms with Gasteiger partial charge in [0.25, 0.3) is 7.52 Å². The largest absolute Gasteiger partial charge is 0.468 e. The predicted molar refractivity (Wildman–Crippen MR) is 53.3 cm³/mol. The highest BCUT2D eigenvalue weighted by Gasteiger charge is 2.22. The molecule has 0 saturated carbocycles. The zero-order chi connectivity index (χ0) is 11.7. The van der Waals surface area contributed by atoms with Gasteiger partial charge in [-0.2, -0.15) is 0 Å². The van der Waals surface area contributed by atoms with Crippen molar-refractivity contribution in [3.63, 3.8) is 0 Å². The van der Waals surface area contributed by atoms with Crippen LogP contribution in [-0.2, 0) is 18.6 Å². The summed E-state index contributed by atoms with van der Waals surface area (Å²) in [4.78, 5) is 13.2. The predicted octanol–water partition coefficient (Wildman–Crippen LogP) is 1.25. The Morgan fingerprint density at radius 1 is 1.67 bits per heavy atom. The molecule has 0 fully saturated rings. The summed E-state index contributed by atoms with van der Waals surface area (Å²) in [6.45, 7) is 1.57. The third-order valence-electron chi connectivity index (χ3n) is 1.34. The van der Waals surface area contributed by atoms with Crippen molar-refractivity contribution in [3.8, 4) is 0 Å². The molecular weight excluding hydrogens is 223 g/mol. The molecule has 0 aliphatic heterocycles. The average Bonchev–Trinajstić information content (AvgIpc) is 2.24. The second-order valence-corrected chi connectivity index (χ2v) is 4.58. The number of nitrogens with zero attached hydrogens (tertiary/aromatic N) is 3. The molecule has 0 saturated heterocycles. The van der Waals surface area contributed by atoms with Gasteiger partial charge >= 0.3 is 5.97 Å². The quantitative estimate of drug-likeness (QED) is 0.235. The maximum atomic E-state index is 11.8. The molecule has 0 aromatic rings. The fourth-order valence-corrected chi connectivity index (χ4v) is 2.00. The van der Waals surface area contributed by atoms with E-state index in [9.17, 15) is 9.36 Å². The van der Waals surface area contributed by atoms with Crippen LogP contribution in [0.4, 0.5) is 0 Å². The Labute approximate surface area is 87.1 Å². The van der Waals surface area contributed by atoms with Gasteiger partial charge in [0, 0.05) is 4.91 Å². The van der Waals surface area contributed by atoms with E-state index in [2.05, 4.69) is 19.9 Å². The molecule has 0 heterocycles. The average molecular weight is 236 g/mol. The Hall–Kier alpha value is -1.07. The lowest BCUT2D eigenvalue weighted by Crippen LogP contribution is -2.23. The first-order valence-electron chi connectivity index (χ1n) is 4.14. The van der Waals surface area contributed by atoms with E-state index < -0.39 is 13.5 Å². The SMILES string of the molecule is CCOP(=O)(CN=[N+]=[N-])NCC(=O)OC. The summed E-state index contributed by atoms with van der Waals surface area (Å²) in [5.74, 6) is -0.573. The number of hydrogen-bond donors (Lipinski definition) is 1. The Balaban J connectivity index is 4.30. The second-order valence-electron chi connectivity index (χ2n) is 2.37. The van der Waals surface area contributed by atoms with E-state index >= 15 is 0 Å². The highest BCUT2D eigenvalue weighted by molar-refractivity contribution is 7.56. The van der Waals surface area contributed by atoms with E-state index in [0.717, 1.165) is 0 Å². The molecule has 0 radical (unpaired) electrons. The number of rotatable bonds is 7. The lowest BCUT2D eigenvalue weighted by Gasteiger charge is -2.15. The van der Waals surface area contributed by atoms with Gasteiger partial charge in [-0.15, -0.1) is 0 Å². The summed E-state index contributed by atoms with van der Waals surface area (Å²) in [6, 6.07) is 0. The van der Waals surface area contributed by atoms with Gasteiger partial charge in [-0.1, -0.05) is 5.11 Å². The standard InChI is InChI=1S/C6H13N4O4P/c1-3-14-15(12,5-8-10-7)9-4-6(11)13-2/h3-5H2,1-2H3,(H,9,12). The first-order valence-corrected chi connectivity index (χ1v) is 5.95. The minimum Gasteiger partial charge on any atom is -0.468 e. The van der Waals surface area contributed by atoms with Crippen molar-refractivity contribution in [3.05, 3.63) is 10.4 Å². The third kappa shape index (κ3) is 6.09. The Kier molecular flexibility index (Phi) is 6.73. The van der Waals surface area contributed by atoms with E-state index in [0.29, 0.717) is 0 Å². The van der Waals surface area contributed by atoms with Crippen molar-refractivity contribution < 1.29 is 18.6 Å². The van der Waals surface area contributed by atoms with Crippen LogP contribution in [0.25, 0.3) is 10.4 Å². The number of esters is 1. The number of ether oxygens (including phenoxy) is 1. The summed E-state index contributed by atoms with van der Waals surface area (Å²) >= 11 is 0. The van der Waals surface area contributed by atoms with Gasteiger partial charge in [-0.3, -0.25) is 9.36 Å². The lowest BCUT2D eigenvalue weighted by molar-refractivity contribution is -0.139. The van der Waals surface area contributed by atoms with Crippen LogP contribution in [-0.4, -0.2) is 32.5 Å². The molecule has 9 heteroatoms. The van der Waals surface area contributed by atoms with Crippen LogP contribution in [0.3, 0.4) is 0 Å². The Bertz CT molecular complexity index is 302. The minimum absolute atomic E-state index is 0.187. The van der Waals surface area contributed by atoms with E-state index in [4.69, 9.17) is 10.1 Å². The number of carbonyl (C=O) groups is 1. The van der Waals surface area contributed by atoms with Crippen molar-refractivity contribution in [1.29, 1.82) is 0 Å². The van der Waals surface area contributed by atoms with Crippen LogP contribution in [0.15, 0.2) is 5.11 Å². The van der Waals surface area contributed by atoms with Gasteiger partial charge in [0.15, 0.2) is 0 Å². The second kappa shape index (κ2) is 7.25. The number of methoxy groups -OCH3 is 1. The number of carbonyl (C=O) groups excluding carboxylic acids is 1. The number of hydrogen-bond acceptors (Lipinski definition) is 5. The molecule has 1 N–H and O–H groups in total. The first kappa shape index (κ1) is 13.9. The van der Waals surface area contributed by atoms with Crippen LogP contribution in [0.2, 0.25) is 0 Å². The van der Waals surface area contributed by atoms with Crippen LogP contribution in [0.5, 0.6) is 0 Å². The van der Waals surface area contributed by atoms with E-state index in [1.807, 2.05) is 0 Å². The maximum Gasteiger partial charge on any atom is 0.320 e. The van der Waals surface area contributed by atoms with Crippen molar-refractivity contribution in [2.45, 2.75) is 6.92 Å². The normalized spacial score (nSPS) is 13.7. The molecule has 1 unspecified atom stereocenters. The van der Waals surface area contributed by atoms with Crippen molar-refractivity contribution >= 4 is 13.5 Å². The summed E-state index contributed by atoms with van der Waals surface area (Å²) in [5.41, 5.74) is 8.08. The summed E-state index contributed by atoms with van der Waals surface area (Å²) in [5, 5.41) is 5.52. The Morgan fingerprint density at radius 3 is 2.80 bits per heavy atom. The molecule has 0 rings (SSSR count). The molecule has 1 atom stereocenters. The molecule has 0 bridgehead atoms. The lowest BCUT2D eigenvalue weighted by atomic mass is 10.7. The molecule has 15 heavy (non-hydrogen) atoms. The molecule has 0 aliphatic rings. The molecule has 0 aromatic carbocycles. The number of nitrogens with one attached hydrogen (secondary N) is 1. The monoisotopic (exact) mass is 236 g/mol. The molecule has 0 amide bonds. The van der Waals surface area contributed by atoms with Crippen molar-refractivity contribution in [2.75, 3.05) is 26.5 Å². The van der Waals surface area contributed by atoms with Gasteiger partial charge in [-0.05, 0) is 12.5 Å². The van der Waals surface area contributed by atoms with Crippen LogP contribution in [0.1, 0.15) is 6.92 Å². The van der Waals surface area contributed by atoms with Crippen LogP contribution < -0.4 is 5.09 Å². The topological polar surface area (TPSA) is 113 Å². The van der Waals surface area contributed by atoms with E-state index in [-0.39, 0.29) is 19.4 Å². The zero-order valence-electron chi connectivity index (χ0n) is 8.54. The molecule has 0 aromatic heterocycles. The summed E-state index contributed by atoms with van der Waals surface area (Å²) < 4.78 is 21.0. The smallest absolute Gasteiger partial charge is 0.320 e. The van der Waals surface area contributed by atoms with Crippen molar-refractivity contribution in [1.82, 2.24) is 5.09 Å². The molecule has 0 spiro atoms. The van der Waals surface area contributed by atoms with Crippen LogP contribution in [0, 0.1) is 0 Å². The summed E-state index contributed by atoms with van der Waals surface area (Å²) in [7, 11) is -2.06. The van der Waals surface area contributed by atoms with Crippen LogP contribution >= 0.6 is 7.52 Å². The van der Waals surface area contributed by atoms with E-state index in [1.54, 1.807) is 6.92 Å². The summed E-state index contributed by atoms with van der Waals surface area (Å²) in [6.07, 6.45) is -0.339. The number of azide groups is 1. The highest BCUT2D eigenvalue weighted by atomic mass is 31.2. The van der Waals surface area contributed by atoms with E-state index in [1.165, 1.54) is 7.11 Å². The van der Waals surface area contributed by atoms with Crippen molar-refractivity contribution in [2.24, 2.45) is 5.11 Å². The van der Waals surface area contributed by atoms with Gasteiger partial charge in [0.05, 0.1) is 13.7 Å². The van der Waals surface area contributed by atoms with Gasteiger partial charge in [0.1, 0.15) is 12.8 Å². The fourth-order valence-electron chi connectivity index (χ4n) is 0.714. The fraction of sp³-hybridized carbons (Fsp3) is 0.833. The molecular formula is C6H13N4O4P. The Morgan fingerprint density at radius 2 is 2.33 bits per heavy atom. The zero-order valence-corrected chi connectivity index (χ0v) is 9.44. The first-order chi connectivity index (χ1) is 7.08. The molecule has 86 valence electrons. The minimum atomic E-state index is -3.27. The molecule has 8 nitrogen and oxygen atoms in total. The van der Waals surface area contributed by atoms with Gasteiger partial charge < -0.3 is 9.26 Å². The van der Waals surface area contributed by atoms with Gasteiger partial charge in [0.2, 0.25) is 0 Å². The third-order valence-corrected chi connectivity index (χ3v) is 3.16. The highest BCUT2D eigenvalue weighted by Crippen LogP contribution is 2.41. The maximum absolute atomic E-state index is 11.8. The molecule has 0 aliphatic carbocycles. The van der Waals surface area contributed by atoms with Gasteiger partial charge in [-0.25, -0.2) is 5.09 Å².